The number of rotatable bonds is 2. The molecule has 1 rings (SSSR count). The Morgan fingerprint density at radius 2 is 2.07 bits per heavy atom. The van der Waals surface area contributed by atoms with Gasteiger partial charge in [0.15, 0.2) is 11.6 Å². The Bertz CT molecular complexity index is 386. The minimum absolute atomic E-state index is 0.377. The summed E-state index contributed by atoms with van der Waals surface area (Å²) in [6.45, 7) is 1.10. The summed E-state index contributed by atoms with van der Waals surface area (Å²) in [5.41, 5.74) is -0.524. The first-order chi connectivity index (χ1) is 6.52. The molecule has 1 aromatic carbocycles. The van der Waals surface area contributed by atoms with Gasteiger partial charge in [-0.25, -0.2) is 9.18 Å². The van der Waals surface area contributed by atoms with Crippen molar-refractivity contribution in [3.8, 4) is 5.75 Å². The average Bonchev–Trinajstić information content (AvgIpc) is 2.07. The number of ether oxygens (including phenoxy) is 1. The van der Waals surface area contributed by atoms with Gasteiger partial charge in [-0.3, -0.25) is 4.79 Å². The topological polar surface area (TPSA) is 63.6 Å². The molecule has 0 aromatic heterocycles. The first-order valence-electron chi connectivity index (χ1n) is 3.72. The molecule has 0 atom stereocenters. The minimum atomic E-state index is -1.41. The van der Waals surface area contributed by atoms with E-state index in [-0.39, 0.29) is 5.75 Å². The summed E-state index contributed by atoms with van der Waals surface area (Å²) >= 11 is 0. The zero-order valence-corrected chi connectivity index (χ0v) is 7.28. The Balaban J connectivity index is 3.13. The monoisotopic (exact) mass is 198 g/mol. The van der Waals surface area contributed by atoms with Gasteiger partial charge in [-0.05, 0) is 12.1 Å². The molecule has 4 nitrogen and oxygen atoms in total. The molecule has 0 radical (unpaired) electrons. The van der Waals surface area contributed by atoms with E-state index in [0.717, 1.165) is 13.0 Å². The molecule has 14 heavy (non-hydrogen) atoms. The number of hydrogen-bond donors (Lipinski definition) is 1. The van der Waals surface area contributed by atoms with Crippen LogP contribution in [0.15, 0.2) is 18.2 Å². The molecule has 5 heteroatoms. The molecule has 0 heterocycles. The Kier molecular flexibility index (Phi) is 2.81. The molecular weight excluding hydrogens is 191 g/mol. The number of esters is 1. The molecule has 0 saturated heterocycles. The Morgan fingerprint density at radius 3 is 2.57 bits per heavy atom. The molecule has 0 aliphatic heterocycles. The fourth-order valence-electron chi connectivity index (χ4n) is 0.910. The summed E-state index contributed by atoms with van der Waals surface area (Å²) < 4.78 is 17.7. The van der Waals surface area contributed by atoms with E-state index in [2.05, 4.69) is 4.74 Å². The number of halogens is 1. The van der Waals surface area contributed by atoms with Gasteiger partial charge in [0.2, 0.25) is 0 Å². The van der Waals surface area contributed by atoms with Crippen LogP contribution in [0.5, 0.6) is 5.75 Å². The van der Waals surface area contributed by atoms with E-state index in [9.17, 15) is 14.0 Å². The summed E-state index contributed by atoms with van der Waals surface area (Å²) in [6, 6.07) is 3.57. The molecule has 0 saturated carbocycles. The average molecular weight is 198 g/mol. The summed E-state index contributed by atoms with van der Waals surface area (Å²) in [6.07, 6.45) is 0. The van der Waals surface area contributed by atoms with Gasteiger partial charge in [-0.15, -0.1) is 0 Å². The number of carbonyl (C=O) groups is 2. The van der Waals surface area contributed by atoms with Gasteiger partial charge in [0.1, 0.15) is 0 Å². The second-order valence-electron chi connectivity index (χ2n) is 2.52. The minimum Gasteiger partial charge on any atom is -0.478 e. The van der Waals surface area contributed by atoms with E-state index < -0.39 is 23.3 Å². The van der Waals surface area contributed by atoms with Crippen LogP contribution in [-0.4, -0.2) is 17.0 Å². The molecule has 0 aliphatic rings. The van der Waals surface area contributed by atoms with Crippen LogP contribution in [0.1, 0.15) is 17.3 Å². The SMILES string of the molecule is CC(=O)Oc1cccc(C(=O)O)c1F. The zero-order valence-electron chi connectivity index (χ0n) is 7.28. The van der Waals surface area contributed by atoms with Crippen molar-refractivity contribution in [1.29, 1.82) is 0 Å². The molecule has 74 valence electrons. The highest BCUT2D eigenvalue weighted by molar-refractivity contribution is 5.88. The van der Waals surface area contributed by atoms with Crippen LogP contribution in [-0.2, 0) is 4.79 Å². The lowest BCUT2D eigenvalue weighted by Gasteiger charge is -2.04. The molecule has 0 spiro atoms. The fourth-order valence-corrected chi connectivity index (χ4v) is 0.910. The van der Waals surface area contributed by atoms with Crippen LogP contribution in [0, 0.1) is 5.82 Å². The van der Waals surface area contributed by atoms with Crippen LogP contribution in [0.4, 0.5) is 4.39 Å². The smallest absolute Gasteiger partial charge is 0.338 e. The van der Waals surface area contributed by atoms with Crippen molar-refractivity contribution in [1.82, 2.24) is 0 Å². The third kappa shape index (κ3) is 2.07. The maximum Gasteiger partial charge on any atom is 0.338 e. The molecular formula is C9H7FO4. The normalized spacial score (nSPS) is 9.57. The number of benzene rings is 1. The van der Waals surface area contributed by atoms with Crippen molar-refractivity contribution < 1.29 is 23.8 Å². The van der Waals surface area contributed by atoms with E-state index in [0.29, 0.717) is 0 Å². The molecule has 0 fully saturated rings. The summed E-state index contributed by atoms with van der Waals surface area (Å²) in [5.74, 6) is -3.53. The van der Waals surface area contributed by atoms with Crippen molar-refractivity contribution in [2.45, 2.75) is 6.92 Å². The lowest BCUT2D eigenvalue weighted by atomic mass is 10.2. The first kappa shape index (κ1) is 10.2. The number of carboxylic acid groups (broad SMARTS) is 1. The zero-order chi connectivity index (χ0) is 10.7. The van der Waals surface area contributed by atoms with Crippen molar-refractivity contribution in [2.75, 3.05) is 0 Å². The summed E-state index contributed by atoms with van der Waals surface area (Å²) in [5, 5.41) is 8.54. The second-order valence-corrected chi connectivity index (χ2v) is 2.52. The highest BCUT2D eigenvalue weighted by Gasteiger charge is 2.15. The first-order valence-corrected chi connectivity index (χ1v) is 3.72. The van der Waals surface area contributed by atoms with E-state index in [1.807, 2.05) is 0 Å². The van der Waals surface area contributed by atoms with Gasteiger partial charge in [0, 0.05) is 6.92 Å². The van der Waals surface area contributed by atoms with Gasteiger partial charge >= 0.3 is 11.9 Å². The predicted octanol–water partition coefficient (Wildman–Crippen LogP) is 1.45. The third-order valence-electron chi connectivity index (χ3n) is 1.45. The van der Waals surface area contributed by atoms with Crippen molar-refractivity contribution in [2.24, 2.45) is 0 Å². The highest BCUT2D eigenvalue weighted by Crippen LogP contribution is 2.20. The van der Waals surface area contributed by atoms with Crippen molar-refractivity contribution in [3.63, 3.8) is 0 Å². The lowest BCUT2D eigenvalue weighted by Crippen LogP contribution is -2.07. The number of carboxylic acids is 1. The van der Waals surface area contributed by atoms with Gasteiger partial charge in [0.05, 0.1) is 5.56 Å². The van der Waals surface area contributed by atoms with Crippen LogP contribution in [0.2, 0.25) is 0 Å². The number of hydrogen-bond acceptors (Lipinski definition) is 3. The lowest BCUT2D eigenvalue weighted by molar-refractivity contribution is -0.132. The highest BCUT2D eigenvalue weighted by atomic mass is 19.1. The molecule has 1 N–H and O–H groups in total. The van der Waals surface area contributed by atoms with Crippen molar-refractivity contribution in [3.05, 3.63) is 29.6 Å². The van der Waals surface area contributed by atoms with E-state index in [1.54, 1.807) is 0 Å². The van der Waals surface area contributed by atoms with Gasteiger partial charge in [0.25, 0.3) is 0 Å². The molecule has 0 bridgehead atoms. The van der Waals surface area contributed by atoms with Gasteiger partial charge in [-0.2, -0.15) is 0 Å². The molecule has 0 amide bonds. The van der Waals surface area contributed by atoms with Crippen molar-refractivity contribution >= 4 is 11.9 Å². The van der Waals surface area contributed by atoms with Gasteiger partial charge in [-0.1, -0.05) is 6.07 Å². The van der Waals surface area contributed by atoms with Gasteiger partial charge < -0.3 is 9.84 Å². The second kappa shape index (κ2) is 3.87. The fraction of sp³-hybridized carbons (Fsp3) is 0.111. The molecule has 0 unspecified atom stereocenters. The Labute approximate surface area is 78.9 Å². The Morgan fingerprint density at radius 1 is 1.43 bits per heavy atom. The molecule has 0 aliphatic carbocycles. The standard InChI is InChI=1S/C9H7FO4/c1-5(11)14-7-4-2-3-6(8(7)10)9(12)13/h2-4H,1H3,(H,12,13). The van der Waals surface area contributed by atoms with E-state index >= 15 is 0 Å². The third-order valence-corrected chi connectivity index (χ3v) is 1.45. The van der Waals surface area contributed by atoms with Crippen LogP contribution in [0.25, 0.3) is 0 Å². The van der Waals surface area contributed by atoms with Crippen LogP contribution >= 0.6 is 0 Å². The maximum absolute atomic E-state index is 13.2. The quantitative estimate of drug-likeness (QED) is 0.577. The Hall–Kier alpha value is -1.91. The largest absolute Gasteiger partial charge is 0.478 e. The number of aromatic carboxylic acids is 1. The van der Waals surface area contributed by atoms with Crippen LogP contribution < -0.4 is 4.74 Å². The van der Waals surface area contributed by atoms with E-state index in [1.165, 1.54) is 12.1 Å². The summed E-state index contributed by atoms with van der Waals surface area (Å²) in [4.78, 5) is 21.0. The molecule has 1 aromatic rings. The van der Waals surface area contributed by atoms with Crippen LogP contribution in [0.3, 0.4) is 0 Å². The van der Waals surface area contributed by atoms with E-state index in [4.69, 9.17) is 5.11 Å². The summed E-state index contributed by atoms with van der Waals surface area (Å²) in [7, 11) is 0. The predicted molar refractivity (Wildman–Crippen MR) is 44.7 cm³/mol. The number of carbonyl (C=O) groups excluding carboxylic acids is 1. The maximum atomic E-state index is 13.2.